The largest absolute Gasteiger partial charge is 0.448 e. The van der Waals surface area contributed by atoms with Crippen LogP contribution in [0.25, 0.3) is 5.57 Å². The zero-order chi connectivity index (χ0) is 25.4. The van der Waals surface area contributed by atoms with Crippen LogP contribution in [0.3, 0.4) is 0 Å². The molecule has 1 fully saturated rings. The summed E-state index contributed by atoms with van der Waals surface area (Å²) in [4.78, 5) is 14.7. The number of aliphatic hydroxyl groups is 1. The van der Waals surface area contributed by atoms with E-state index in [1.54, 1.807) is 4.90 Å². The Balaban J connectivity index is 0.00000167. The highest BCUT2D eigenvalue weighted by atomic mass is 79.9. The molecular weight excluding hydrogens is 502 g/mol. The molecule has 188 valence electrons. The summed E-state index contributed by atoms with van der Waals surface area (Å²) in [6.45, 7) is 9.79. The summed E-state index contributed by atoms with van der Waals surface area (Å²) in [5, 5.41) is 10.2. The number of likely N-dealkylation sites (tertiary alicyclic amines) is 1. The minimum atomic E-state index is -0.304. The van der Waals surface area contributed by atoms with E-state index in [9.17, 15) is 9.90 Å². The van der Waals surface area contributed by atoms with Crippen LogP contribution >= 0.6 is 15.9 Å². The minimum Gasteiger partial charge on any atom is -0.448 e. The third-order valence-corrected chi connectivity index (χ3v) is 7.86. The van der Waals surface area contributed by atoms with Crippen molar-refractivity contribution in [1.82, 2.24) is 4.90 Å². The molecule has 1 atom stereocenters. The summed E-state index contributed by atoms with van der Waals surface area (Å²) in [5.74, 6) is 0.102. The molecule has 0 saturated carbocycles. The molecule has 0 spiro atoms. The number of amides is 1. The Morgan fingerprint density at radius 2 is 1.80 bits per heavy atom. The molecule has 1 saturated heterocycles. The molecule has 0 aromatic heterocycles. The van der Waals surface area contributed by atoms with Crippen LogP contribution in [0.15, 0.2) is 70.7 Å². The van der Waals surface area contributed by atoms with E-state index in [0.717, 1.165) is 29.3 Å². The summed E-state index contributed by atoms with van der Waals surface area (Å²) in [6.07, 6.45) is 6.29. The molecule has 2 aliphatic rings. The highest BCUT2D eigenvalue weighted by Gasteiger charge is 2.38. The molecule has 1 aliphatic heterocycles. The zero-order valence-electron chi connectivity index (χ0n) is 21.4. The van der Waals surface area contributed by atoms with Crippen molar-refractivity contribution in [3.05, 3.63) is 87.4 Å². The Hall–Kier alpha value is -2.37. The Morgan fingerprint density at radius 1 is 1.14 bits per heavy atom. The van der Waals surface area contributed by atoms with Gasteiger partial charge in [0.25, 0.3) is 0 Å². The summed E-state index contributed by atoms with van der Waals surface area (Å²) in [7, 11) is 0. The van der Waals surface area contributed by atoms with E-state index < -0.39 is 0 Å². The van der Waals surface area contributed by atoms with E-state index in [1.165, 1.54) is 22.3 Å². The second-order valence-electron chi connectivity index (χ2n) is 9.07. The van der Waals surface area contributed by atoms with Gasteiger partial charge in [0.05, 0.1) is 6.61 Å². The molecule has 4 rings (SSSR count). The summed E-state index contributed by atoms with van der Waals surface area (Å²) in [5.41, 5.74) is 5.95. The van der Waals surface area contributed by atoms with Gasteiger partial charge in [-0.15, -0.1) is 0 Å². The number of halogens is 1. The number of carbonyl (C=O) groups is 1. The van der Waals surface area contributed by atoms with Crippen molar-refractivity contribution in [2.75, 3.05) is 26.3 Å². The quantitative estimate of drug-likeness (QED) is 0.387. The minimum absolute atomic E-state index is 0.0781. The van der Waals surface area contributed by atoms with Crippen molar-refractivity contribution < 1.29 is 14.6 Å². The SMILES string of the molecule is C/C=C\CC1=C(C)c2ccccc2C1COC(=O)N1CCC(CO)(c2ccc(Br)cc2)CC1.CC. The monoisotopic (exact) mass is 539 g/mol. The van der Waals surface area contributed by atoms with Gasteiger partial charge in [0.2, 0.25) is 0 Å². The fourth-order valence-corrected chi connectivity index (χ4v) is 5.46. The molecule has 1 N–H and O–H groups in total. The number of allylic oxidation sites excluding steroid dienone is 3. The first-order valence-electron chi connectivity index (χ1n) is 12.7. The first-order valence-corrected chi connectivity index (χ1v) is 13.5. The average molecular weight is 541 g/mol. The lowest BCUT2D eigenvalue weighted by atomic mass is 9.73. The number of ether oxygens (including phenoxy) is 1. The van der Waals surface area contributed by atoms with Gasteiger partial charge in [-0.05, 0) is 67.5 Å². The molecule has 0 radical (unpaired) electrons. The van der Waals surface area contributed by atoms with Crippen LogP contribution in [0.1, 0.15) is 69.6 Å². The average Bonchev–Trinajstić information content (AvgIpc) is 3.18. The number of carbonyl (C=O) groups excluding carboxylic acids is 1. The number of nitrogens with zero attached hydrogens (tertiary/aromatic N) is 1. The number of aliphatic hydroxyl groups excluding tert-OH is 1. The fourth-order valence-electron chi connectivity index (χ4n) is 5.20. The molecule has 4 nitrogen and oxygen atoms in total. The lowest BCUT2D eigenvalue weighted by molar-refractivity contribution is 0.0659. The molecule has 5 heteroatoms. The van der Waals surface area contributed by atoms with Gasteiger partial charge < -0.3 is 14.7 Å². The molecule has 0 bridgehead atoms. The van der Waals surface area contributed by atoms with Gasteiger partial charge in [-0.2, -0.15) is 0 Å². The zero-order valence-corrected chi connectivity index (χ0v) is 23.0. The van der Waals surface area contributed by atoms with Gasteiger partial charge in [-0.3, -0.25) is 0 Å². The maximum atomic E-state index is 13.0. The highest BCUT2D eigenvalue weighted by Crippen LogP contribution is 2.43. The molecule has 2 aromatic rings. The Morgan fingerprint density at radius 3 is 2.43 bits per heavy atom. The van der Waals surface area contributed by atoms with Crippen molar-refractivity contribution in [2.45, 2.75) is 58.3 Å². The van der Waals surface area contributed by atoms with Crippen LogP contribution in [0.5, 0.6) is 0 Å². The Bertz CT molecular complexity index is 1050. The number of fused-ring (bicyclic) bond motifs is 1. The maximum absolute atomic E-state index is 13.0. The number of benzene rings is 2. The number of rotatable bonds is 6. The van der Waals surface area contributed by atoms with Crippen LogP contribution in [-0.2, 0) is 10.2 Å². The predicted molar refractivity (Wildman–Crippen MR) is 148 cm³/mol. The van der Waals surface area contributed by atoms with E-state index in [2.05, 4.69) is 71.4 Å². The van der Waals surface area contributed by atoms with Crippen molar-refractivity contribution in [1.29, 1.82) is 0 Å². The van der Waals surface area contributed by atoms with Crippen molar-refractivity contribution >= 4 is 27.6 Å². The van der Waals surface area contributed by atoms with Gasteiger partial charge in [0.15, 0.2) is 0 Å². The topological polar surface area (TPSA) is 49.8 Å². The number of hydrogen-bond acceptors (Lipinski definition) is 3. The first kappa shape index (κ1) is 27.2. The van der Waals surface area contributed by atoms with E-state index >= 15 is 0 Å². The second-order valence-corrected chi connectivity index (χ2v) is 9.99. The smallest absolute Gasteiger partial charge is 0.409 e. The van der Waals surface area contributed by atoms with Gasteiger partial charge in [-0.1, -0.05) is 83.9 Å². The van der Waals surface area contributed by atoms with E-state index in [1.807, 2.05) is 32.9 Å². The normalized spacial score (nSPS) is 18.8. The summed E-state index contributed by atoms with van der Waals surface area (Å²) in [6, 6.07) is 16.6. The Kier molecular flexibility index (Phi) is 9.76. The fraction of sp³-hybridized carbons (Fsp3) is 0.433. The van der Waals surface area contributed by atoms with Gasteiger partial charge >= 0.3 is 6.09 Å². The van der Waals surface area contributed by atoms with E-state index in [-0.39, 0.29) is 24.0 Å². The lowest BCUT2D eigenvalue weighted by Crippen LogP contribution is -2.47. The second kappa shape index (κ2) is 12.5. The Labute approximate surface area is 218 Å². The number of piperidine rings is 1. The molecule has 1 heterocycles. The molecule has 1 amide bonds. The standard InChI is InChI=1S/C28H32BrNO3.C2H6/c1-3-4-7-24-20(2)23-8-5-6-9-25(23)26(24)18-33-27(32)30-16-14-28(19-31,15-17-30)21-10-12-22(29)13-11-21;1-2/h3-6,8-13,26,31H,7,14-19H2,1-2H3;1-2H3/b4-3-;. The van der Waals surface area contributed by atoms with Crippen LogP contribution in [0, 0.1) is 0 Å². The first-order chi connectivity index (χ1) is 17.0. The van der Waals surface area contributed by atoms with Crippen LogP contribution in [0.2, 0.25) is 0 Å². The van der Waals surface area contributed by atoms with Crippen LogP contribution < -0.4 is 0 Å². The van der Waals surface area contributed by atoms with Gasteiger partial charge in [0, 0.05) is 28.9 Å². The number of hydrogen-bond donors (Lipinski definition) is 1. The molecule has 35 heavy (non-hydrogen) atoms. The summed E-state index contributed by atoms with van der Waals surface area (Å²) >= 11 is 3.48. The maximum Gasteiger partial charge on any atom is 0.409 e. The van der Waals surface area contributed by atoms with E-state index in [0.29, 0.717) is 19.7 Å². The van der Waals surface area contributed by atoms with Crippen molar-refractivity contribution in [3.63, 3.8) is 0 Å². The van der Waals surface area contributed by atoms with Crippen molar-refractivity contribution in [2.24, 2.45) is 0 Å². The molecule has 1 unspecified atom stereocenters. The van der Waals surface area contributed by atoms with Crippen LogP contribution in [0.4, 0.5) is 4.79 Å². The summed E-state index contributed by atoms with van der Waals surface area (Å²) < 4.78 is 6.88. The molecule has 2 aromatic carbocycles. The van der Waals surface area contributed by atoms with Crippen LogP contribution in [-0.4, -0.2) is 42.4 Å². The van der Waals surface area contributed by atoms with Crippen molar-refractivity contribution in [3.8, 4) is 0 Å². The highest BCUT2D eigenvalue weighted by molar-refractivity contribution is 9.10. The van der Waals surface area contributed by atoms with Gasteiger partial charge in [-0.25, -0.2) is 4.79 Å². The lowest BCUT2D eigenvalue weighted by Gasteiger charge is -2.40. The predicted octanol–water partition coefficient (Wildman–Crippen LogP) is 7.47. The third-order valence-electron chi connectivity index (χ3n) is 7.33. The van der Waals surface area contributed by atoms with Gasteiger partial charge in [0.1, 0.15) is 6.61 Å². The molecular formula is C30H38BrNO3. The van der Waals surface area contributed by atoms with E-state index in [4.69, 9.17) is 4.74 Å². The molecule has 1 aliphatic carbocycles. The third kappa shape index (κ3) is 5.90.